The monoisotopic (exact) mass is 389 g/mol. The van der Waals surface area contributed by atoms with Gasteiger partial charge in [-0.25, -0.2) is 9.59 Å². The molecule has 0 aliphatic heterocycles. The Hall–Kier alpha value is -1.57. The van der Waals surface area contributed by atoms with Gasteiger partial charge in [0.25, 0.3) is 0 Å². The SMILES string of the molecule is CCOC(=O)/C=C(/Nc1ccccc1I)C(=O)OCC. The Bertz CT molecular complexity index is 514. The number of ether oxygens (including phenoxy) is 2. The van der Waals surface area contributed by atoms with Crippen LogP contribution in [0.4, 0.5) is 5.69 Å². The van der Waals surface area contributed by atoms with Gasteiger partial charge in [0, 0.05) is 3.57 Å². The highest BCUT2D eigenvalue weighted by Crippen LogP contribution is 2.19. The van der Waals surface area contributed by atoms with E-state index in [1.807, 2.05) is 18.2 Å². The second kappa shape index (κ2) is 8.57. The van der Waals surface area contributed by atoms with Crippen LogP contribution in [0, 0.1) is 3.57 Å². The van der Waals surface area contributed by atoms with Crippen LogP contribution < -0.4 is 5.32 Å². The van der Waals surface area contributed by atoms with Crippen molar-refractivity contribution in [1.82, 2.24) is 0 Å². The van der Waals surface area contributed by atoms with Crippen molar-refractivity contribution in [1.29, 1.82) is 0 Å². The lowest BCUT2D eigenvalue weighted by Gasteiger charge is -2.11. The van der Waals surface area contributed by atoms with Crippen molar-refractivity contribution < 1.29 is 19.1 Å². The first-order valence-electron chi connectivity index (χ1n) is 6.15. The van der Waals surface area contributed by atoms with E-state index in [1.165, 1.54) is 0 Å². The second-order valence-corrected chi connectivity index (χ2v) is 4.80. The largest absolute Gasteiger partial charge is 0.463 e. The highest BCUT2D eigenvalue weighted by atomic mass is 127. The minimum atomic E-state index is -0.597. The van der Waals surface area contributed by atoms with Crippen molar-refractivity contribution in [3.05, 3.63) is 39.6 Å². The standard InChI is InChI=1S/C14H16INO4/c1-3-19-13(17)9-12(14(18)20-4-2)16-11-8-6-5-7-10(11)15/h5-9,16H,3-4H2,1-2H3/b12-9+. The minimum absolute atomic E-state index is 0.0504. The van der Waals surface area contributed by atoms with Gasteiger partial charge < -0.3 is 14.8 Å². The second-order valence-electron chi connectivity index (χ2n) is 3.64. The third-order valence-corrected chi connectivity index (χ3v) is 3.13. The van der Waals surface area contributed by atoms with Crippen molar-refractivity contribution in [3.8, 4) is 0 Å². The molecule has 0 aliphatic rings. The Kier molecular flexibility index (Phi) is 7.06. The molecule has 0 aromatic heterocycles. The summed E-state index contributed by atoms with van der Waals surface area (Å²) in [5.74, 6) is -1.19. The first-order valence-corrected chi connectivity index (χ1v) is 7.23. The number of anilines is 1. The third kappa shape index (κ3) is 5.20. The summed E-state index contributed by atoms with van der Waals surface area (Å²) in [7, 11) is 0. The first kappa shape index (κ1) is 16.5. The number of halogens is 1. The maximum absolute atomic E-state index is 11.8. The van der Waals surface area contributed by atoms with Crippen molar-refractivity contribution in [2.75, 3.05) is 18.5 Å². The quantitative estimate of drug-likeness (QED) is 0.461. The Balaban J connectivity index is 2.96. The molecule has 0 fully saturated rings. The number of esters is 2. The van der Waals surface area contributed by atoms with E-state index in [9.17, 15) is 9.59 Å². The van der Waals surface area contributed by atoms with Crippen LogP contribution in [0.2, 0.25) is 0 Å². The van der Waals surface area contributed by atoms with Gasteiger partial charge in [0.05, 0.1) is 25.0 Å². The van der Waals surface area contributed by atoms with Crippen LogP contribution in [0.3, 0.4) is 0 Å². The van der Waals surface area contributed by atoms with E-state index >= 15 is 0 Å². The number of benzene rings is 1. The van der Waals surface area contributed by atoms with Crippen molar-refractivity contribution in [3.63, 3.8) is 0 Å². The Labute approximate surface area is 131 Å². The molecule has 20 heavy (non-hydrogen) atoms. The average Bonchev–Trinajstić information content (AvgIpc) is 2.41. The van der Waals surface area contributed by atoms with Crippen LogP contribution in [0.15, 0.2) is 36.0 Å². The molecule has 0 unspecified atom stereocenters. The van der Waals surface area contributed by atoms with E-state index < -0.39 is 11.9 Å². The molecular weight excluding hydrogens is 373 g/mol. The normalized spacial score (nSPS) is 10.8. The lowest BCUT2D eigenvalue weighted by atomic mass is 10.3. The van der Waals surface area contributed by atoms with Crippen molar-refractivity contribution in [2.24, 2.45) is 0 Å². The van der Waals surface area contributed by atoms with Gasteiger partial charge in [-0.15, -0.1) is 0 Å². The van der Waals surface area contributed by atoms with Crippen LogP contribution in [0.25, 0.3) is 0 Å². The molecule has 0 heterocycles. The van der Waals surface area contributed by atoms with E-state index in [1.54, 1.807) is 19.9 Å². The minimum Gasteiger partial charge on any atom is -0.463 e. The molecule has 0 amide bonds. The predicted octanol–water partition coefficient (Wildman–Crippen LogP) is 2.71. The lowest BCUT2D eigenvalue weighted by molar-refractivity contribution is -0.140. The van der Waals surface area contributed by atoms with E-state index in [4.69, 9.17) is 9.47 Å². The first-order chi connectivity index (χ1) is 9.58. The third-order valence-electron chi connectivity index (χ3n) is 2.19. The summed E-state index contributed by atoms with van der Waals surface area (Å²) in [6.45, 7) is 3.87. The van der Waals surface area contributed by atoms with Crippen LogP contribution in [-0.4, -0.2) is 25.2 Å². The van der Waals surface area contributed by atoms with Crippen LogP contribution in [0.1, 0.15) is 13.8 Å². The maximum Gasteiger partial charge on any atom is 0.355 e. The highest BCUT2D eigenvalue weighted by molar-refractivity contribution is 14.1. The van der Waals surface area contributed by atoms with Gasteiger partial charge in [0.1, 0.15) is 5.70 Å². The van der Waals surface area contributed by atoms with Gasteiger partial charge in [-0.05, 0) is 48.6 Å². The molecule has 0 saturated carbocycles. The molecule has 6 heteroatoms. The summed E-state index contributed by atoms with van der Waals surface area (Å²) in [6.07, 6.45) is 1.10. The fourth-order valence-corrected chi connectivity index (χ4v) is 1.89. The molecule has 0 aliphatic carbocycles. The molecule has 0 atom stereocenters. The van der Waals surface area contributed by atoms with Crippen molar-refractivity contribution >= 4 is 40.2 Å². The molecule has 0 saturated heterocycles. The fourth-order valence-electron chi connectivity index (χ4n) is 1.36. The topological polar surface area (TPSA) is 64.6 Å². The van der Waals surface area contributed by atoms with Crippen LogP contribution in [-0.2, 0) is 19.1 Å². The fraction of sp³-hybridized carbons (Fsp3) is 0.286. The molecule has 0 spiro atoms. The number of carbonyl (C=O) groups excluding carboxylic acids is 2. The summed E-state index contributed by atoms with van der Waals surface area (Å²) in [6, 6.07) is 7.40. The summed E-state index contributed by atoms with van der Waals surface area (Å²) >= 11 is 2.13. The van der Waals surface area contributed by atoms with Gasteiger partial charge in [-0.2, -0.15) is 0 Å². The molecular formula is C14H16INO4. The van der Waals surface area contributed by atoms with E-state index in [0.29, 0.717) is 0 Å². The summed E-state index contributed by atoms with van der Waals surface area (Å²) in [5, 5.41) is 2.90. The van der Waals surface area contributed by atoms with Gasteiger partial charge in [0.15, 0.2) is 0 Å². The van der Waals surface area contributed by atoms with Crippen LogP contribution >= 0.6 is 22.6 Å². The van der Waals surface area contributed by atoms with Crippen LogP contribution in [0.5, 0.6) is 0 Å². The van der Waals surface area contributed by atoms with Gasteiger partial charge in [0.2, 0.25) is 0 Å². The van der Waals surface area contributed by atoms with Crippen molar-refractivity contribution in [2.45, 2.75) is 13.8 Å². The van der Waals surface area contributed by atoms with Gasteiger partial charge in [-0.3, -0.25) is 0 Å². The van der Waals surface area contributed by atoms with Gasteiger partial charge in [-0.1, -0.05) is 12.1 Å². The molecule has 108 valence electrons. The average molecular weight is 389 g/mol. The molecule has 1 aromatic rings. The predicted molar refractivity (Wildman–Crippen MR) is 84.1 cm³/mol. The Morgan fingerprint density at radius 3 is 2.45 bits per heavy atom. The number of rotatable bonds is 6. The zero-order chi connectivity index (χ0) is 15.0. The zero-order valence-electron chi connectivity index (χ0n) is 11.3. The summed E-state index contributed by atoms with van der Waals surface area (Å²) < 4.78 is 10.6. The molecule has 1 N–H and O–H groups in total. The molecule has 1 rings (SSSR count). The highest BCUT2D eigenvalue weighted by Gasteiger charge is 2.14. The molecule has 5 nitrogen and oxygen atoms in total. The van der Waals surface area contributed by atoms with E-state index in [-0.39, 0.29) is 18.9 Å². The number of nitrogens with one attached hydrogen (secondary N) is 1. The zero-order valence-corrected chi connectivity index (χ0v) is 13.5. The molecule has 0 bridgehead atoms. The number of hydrogen-bond donors (Lipinski definition) is 1. The summed E-state index contributed by atoms with van der Waals surface area (Å²) in [4.78, 5) is 23.3. The molecule has 0 radical (unpaired) electrons. The van der Waals surface area contributed by atoms with E-state index in [2.05, 4.69) is 27.9 Å². The smallest absolute Gasteiger partial charge is 0.355 e. The van der Waals surface area contributed by atoms with E-state index in [0.717, 1.165) is 15.3 Å². The number of carbonyl (C=O) groups is 2. The summed E-state index contributed by atoms with van der Waals surface area (Å²) in [5.41, 5.74) is 0.770. The maximum atomic E-state index is 11.8. The molecule has 1 aromatic carbocycles. The Morgan fingerprint density at radius 1 is 1.20 bits per heavy atom. The number of hydrogen-bond acceptors (Lipinski definition) is 5. The van der Waals surface area contributed by atoms with Gasteiger partial charge >= 0.3 is 11.9 Å². The Morgan fingerprint density at radius 2 is 1.85 bits per heavy atom. The lowest BCUT2D eigenvalue weighted by Crippen LogP contribution is -2.17. The number of para-hydroxylation sites is 1.